The largest absolute Gasteiger partial charge is 0.497 e. The number of aromatic amines is 1. The molecule has 4 rings (SSSR count). The molecule has 2 N–H and O–H groups in total. The Hall–Kier alpha value is -2.64. The minimum atomic E-state index is -0.167. The van der Waals surface area contributed by atoms with E-state index in [0.29, 0.717) is 17.1 Å². The topological polar surface area (TPSA) is 83.4 Å². The molecule has 0 bridgehead atoms. The van der Waals surface area contributed by atoms with E-state index < -0.39 is 0 Å². The summed E-state index contributed by atoms with van der Waals surface area (Å²) in [5.41, 5.74) is 1.13. The molecular weight excluding hydrogens is 356 g/mol. The third-order valence-corrected chi connectivity index (χ3v) is 5.60. The van der Waals surface area contributed by atoms with E-state index in [2.05, 4.69) is 14.9 Å². The number of piperidine rings is 1. The minimum absolute atomic E-state index is 0.167. The van der Waals surface area contributed by atoms with Crippen LogP contribution in [-0.2, 0) is 6.54 Å². The fourth-order valence-electron chi connectivity index (χ4n) is 4.00. The van der Waals surface area contributed by atoms with Crippen molar-refractivity contribution in [3.8, 4) is 17.1 Å². The van der Waals surface area contributed by atoms with E-state index in [-0.39, 0.29) is 18.2 Å². The molecule has 0 spiro atoms. The summed E-state index contributed by atoms with van der Waals surface area (Å²) in [4.78, 5) is 22.4. The Labute approximate surface area is 163 Å². The van der Waals surface area contributed by atoms with E-state index in [9.17, 15) is 9.90 Å². The van der Waals surface area contributed by atoms with Crippen LogP contribution in [0.15, 0.2) is 41.5 Å². The molecule has 0 amide bonds. The number of methoxy groups -OCH3 is 1. The Morgan fingerprint density at radius 1 is 1.29 bits per heavy atom. The summed E-state index contributed by atoms with van der Waals surface area (Å²) in [5, 5.41) is 10.5. The average molecular weight is 382 g/mol. The van der Waals surface area contributed by atoms with E-state index in [4.69, 9.17) is 4.74 Å². The number of aliphatic hydroxyl groups is 1. The highest BCUT2D eigenvalue weighted by Crippen LogP contribution is 2.22. The first-order valence-corrected chi connectivity index (χ1v) is 9.77. The number of benzene rings is 1. The number of nitrogens with one attached hydrogen (secondary N) is 1. The Morgan fingerprint density at radius 3 is 3.00 bits per heavy atom. The lowest BCUT2D eigenvalue weighted by Crippen LogP contribution is -2.43. The number of fused-ring (bicyclic) bond motifs is 1. The SMILES string of the molecule is COc1ccc2cc(-c3nccn3CCN3CCCCC3CO)c(=O)[nH]c2c1. The second-order valence-corrected chi connectivity index (χ2v) is 7.28. The summed E-state index contributed by atoms with van der Waals surface area (Å²) in [6.45, 7) is 2.77. The van der Waals surface area contributed by atoms with Crippen LogP contribution in [0.25, 0.3) is 22.3 Å². The van der Waals surface area contributed by atoms with Gasteiger partial charge in [0, 0.05) is 37.6 Å². The van der Waals surface area contributed by atoms with Crippen molar-refractivity contribution < 1.29 is 9.84 Å². The minimum Gasteiger partial charge on any atom is -0.497 e. The first-order valence-electron chi connectivity index (χ1n) is 9.77. The van der Waals surface area contributed by atoms with Crippen LogP contribution < -0.4 is 10.3 Å². The Kier molecular flexibility index (Phi) is 5.45. The first kappa shape index (κ1) is 18.7. The smallest absolute Gasteiger partial charge is 0.259 e. The van der Waals surface area contributed by atoms with Gasteiger partial charge in [-0.3, -0.25) is 9.69 Å². The molecule has 1 aliphatic heterocycles. The van der Waals surface area contributed by atoms with E-state index in [1.165, 1.54) is 12.8 Å². The molecule has 2 aromatic heterocycles. The monoisotopic (exact) mass is 382 g/mol. The summed E-state index contributed by atoms with van der Waals surface area (Å²) >= 11 is 0. The van der Waals surface area contributed by atoms with Crippen LogP contribution in [0.3, 0.4) is 0 Å². The number of aromatic nitrogens is 3. The van der Waals surface area contributed by atoms with Crippen molar-refractivity contribution in [2.24, 2.45) is 0 Å². The molecule has 0 radical (unpaired) electrons. The number of rotatable bonds is 6. The maximum Gasteiger partial charge on any atom is 0.259 e. The van der Waals surface area contributed by atoms with Gasteiger partial charge in [-0.05, 0) is 43.0 Å². The second-order valence-electron chi connectivity index (χ2n) is 7.28. The molecule has 1 atom stereocenters. The van der Waals surface area contributed by atoms with E-state index >= 15 is 0 Å². The molecular formula is C21H26N4O3. The van der Waals surface area contributed by atoms with Crippen LogP contribution >= 0.6 is 0 Å². The third kappa shape index (κ3) is 3.68. The van der Waals surface area contributed by atoms with E-state index in [1.807, 2.05) is 35.0 Å². The van der Waals surface area contributed by atoms with Crippen LogP contribution in [0.1, 0.15) is 19.3 Å². The van der Waals surface area contributed by atoms with Gasteiger partial charge in [-0.25, -0.2) is 4.98 Å². The fourth-order valence-corrected chi connectivity index (χ4v) is 4.00. The maximum absolute atomic E-state index is 12.7. The fraction of sp³-hybridized carbons (Fsp3) is 0.429. The van der Waals surface area contributed by atoms with Crippen LogP contribution in [0.2, 0.25) is 0 Å². The van der Waals surface area contributed by atoms with Gasteiger partial charge in [0.15, 0.2) is 0 Å². The number of imidazole rings is 1. The highest BCUT2D eigenvalue weighted by molar-refractivity contribution is 5.83. The molecule has 148 valence electrons. The predicted molar refractivity (Wildman–Crippen MR) is 109 cm³/mol. The van der Waals surface area contributed by atoms with Gasteiger partial charge < -0.3 is 19.4 Å². The zero-order valence-electron chi connectivity index (χ0n) is 16.1. The van der Waals surface area contributed by atoms with Crippen molar-refractivity contribution in [3.63, 3.8) is 0 Å². The Morgan fingerprint density at radius 2 is 2.18 bits per heavy atom. The van der Waals surface area contributed by atoms with Crippen LogP contribution in [0, 0.1) is 0 Å². The van der Waals surface area contributed by atoms with Crippen molar-refractivity contribution in [2.45, 2.75) is 31.8 Å². The number of aliphatic hydroxyl groups excluding tert-OH is 1. The summed E-state index contributed by atoms with van der Waals surface area (Å²) in [5.74, 6) is 1.37. The molecule has 1 saturated heterocycles. The molecule has 0 saturated carbocycles. The molecule has 1 unspecified atom stereocenters. The number of hydrogen-bond acceptors (Lipinski definition) is 5. The van der Waals surface area contributed by atoms with Crippen molar-refractivity contribution >= 4 is 10.9 Å². The molecule has 1 aliphatic rings. The molecule has 7 heteroatoms. The van der Waals surface area contributed by atoms with Crippen molar-refractivity contribution in [1.82, 2.24) is 19.4 Å². The predicted octanol–water partition coefficient (Wildman–Crippen LogP) is 2.25. The third-order valence-electron chi connectivity index (χ3n) is 5.60. The number of ether oxygens (including phenoxy) is 1. The molecule has 1 fully saturated rings. The second kappa shape index (κ2) is 8.16. The molecule has 3 heterocycles. The van der Waals surface area contributed by atoms with Gasteiger partial charge in [0.2, 0.25) is 0 Å². The quantitative estimate of drug-likeness (QED) is 0.683. The molecule has 3 aromatic rings. The van der Waals surface area contributed by atoms with E-state index in [0.717, 1.165) is 37.0 Å². The van der Waals surface area contributed by atoms with Crippen LogP contribution in [-0.4, -0.2) is 57.4 Å². The lowest BCUT2D eigenvalue weighted by molar-refractivity contribution is 0.0873. The molecule has 28 heavy (non-hydrogen) atoms. The summed E-state index contributed by atoms with van der Waals surface area (Å²) in [6.07, 6.45) is 7.02. The van der Waals surface area contributed by atoms with Crippen molar-refractivity contribution in [3.05, 3.63) is 47.0 Å². The van der Waals surface area contributed by atoms with Gasteiger partial charge in [-0.15, -0.1) is 0 Å². The zero-order chi connectivity index (χ0) is 19.5. The number of H-pyrrole nitrogens is 1. The summed E-state index contributed by atoms with van der Waals surface area (Å²) in [6, 6.07) is 7.74. The normalized spacial score (nSPS) is 17.9. The van der Waals surface area contributed by atoms with Gasteiger partial charge in [-0.2, -0.15) is 0 Å². The first-order chi connectivity index (χ1) is 13.7. The van der Waals surface area contributed by atoms with Crippen LogP contribution in [0.5, 0.6) is 5.75 Å². The average Bonchev–Trinajstić information content (AvgIpc) is 3.19. The maximum atomic E-state index is 12.7. The number of pyridine rings is 1. The Bertz CT molecular complexity index is 1010. The van der Waals surface area contributed by atoms with Gasteiger partial charge in [0.05, 0.1) is 24.8 Å². The number of nitrogens with zero attached hydrogens (tertiary/aromatic N) is 3. The van der Waals surface area contributed by atoms with Gasteiger partial charge in [-0.1, -0.05) is 6.42 Å². The van der Waals surface area contributed by atoms with E-state index in [1.54, 1.807) is 13.3 Å². The highest BCUT2D eigenvalue weighted by Gasteiger charge is 2.21. The summed E-state index contributed by atoms with van der Waals surface area (Å²) < 4.78 is 7.25. The van der Waals surface area contributed by atoms with Gasteiger partial charge >= 0.3 is 0 Å². The van der Waals surface area contributed by atoms with Crippen LogP contribution in [0.4, 0.5) is 0 Å². The number of likely N-dealkylation sites (tertiary alicyclic amines) is 1. The van der Waals surface area contributed by atoms with Gasteiger partial charge in [0.1, 0.15) is 11.6 Å². The standard InChI is InChI=1S/C21H26N4O3/c1-28-17-6-5-15-12-18(21(27)23-19(15)13-17)20-22-7-9-25(20)11-10-24-8-3-2-4-16(24)14-26/h5-7,9,12-13,16,26H,2-4,8,10-11,14H2,1H3,(H,23,27). The lowest BCUT2D eigenvalue weighted by Gasteiger charge is -2.34. The van der Waals surface area contributed by atoms with Crippen molar-refractivity contribution in [1.29, 1.82) is 0 Å². The van der Waals surface area contributed by atoms with Gasteiger partial charge in [0.25, 0.3) is 5.56 Å². The molecule has 1 aromatic carbocycles. The highest BCUT2D eigenvalue weighted by atomic mass is 16.5. The number of hydrogen-bond donors (Lipinski definition) is 2. The molecule has 7 nitrogen and oxygen atoms in total. The lowest BCUT2D eigenvalue weighted by atomic mass is 10.0. The molecule has 0 aliphatic carbocycles. The zero-order valence-corrected chi connectivity index (χ0v) is 16.1. The Balaban J connectivity index is 1.60. The summed E-state index contributed by atoms with van der Waals surface area (Å²) in [7, 11) is 1.61. The van der Waals surface area contributed by atoms with Crippen molar-refractivity contribution in [2.75, 3.05) is 26.8 Å².